The van der Waals surface area contributed by atoms with Crippen molar-refractivity contribution in [3.05, 3.63) is 48.0 Å². The van der Waals surface area contributed by atoms with Crippen LogP contribution in [0, 0.1) is 5.92 Å². The van der Waals surface area contributed by atoms with Crippen molar-refractivity contribution in [3.63, 3.8) is 0 Å². The van der Waals surface area contributed by atoms with Gasteiger partial charge in [-0.25, -0.2) is 0 Å². The number of thiocarbonyl (C=S) groups is 1. The fourth-order valence-electron chi connectivity index (χ4n) is 3.81. The topological polar surface area (TPSA) is 45.8 Å². The Balaban J connectivity index is 1.32. The lowest BCUT2D eigenvalue weighted by molar-refractivity contribution is 0.171. The van der Waals surface area contributed by atoms with Crippen LogP contribution in [0.3, 0.4) is 0 Å². The molecule has 0 amide bonds. The number of fused-ring (bicyclic) bond motifs is 1. The summed E-state index contributed by atoms with van der Waals surface area (Å²) in [4.78, 5) is 2.48. The molecule has 1 fully saturated rings. The highest BCUT2D eigenvalue weighted by atomic mass is 32.1. The van der Waals surface area contributed by atoms with E-state index in [9.17, 15) is 0 Å². The van der Waals surface area contributed by atoms with Gasteiger partial charge in [-0.3, -0.25) is 0 Å². The molecule has 2 aromatic carbocycles. The summed E-state index contributed by atoms with van der Waals surface area (Å²) in [7, 11) is 0. The molecule has 2 heterocycles. The number of rotatable bonds is 4. The Hall–Kier alpha value is -2.47. The normalized spacial score (nSPS) is 17.5. The van der Waals surface area contributed by atoms with Gasteiger partial charge in [0.2, 0.25) is 0 Å². The molecular formula is C23H29N3O2S. The molecule has 0 aromatic heterocycles. The predicted molar refractivity (Wildman–Crippen MR) is 122 cm³/mol. The molecule has 2 aromatic rings. The average molecular weight is 412 g/mol. The maximum absolute atomic E-state index is 5.63. The summed E-state index contributed by atoms with van der Waals surface area (Å²) in [5.41, 5.74) is 3.41. The van der Waals surface area contributed by atoms with Gasteiger partial charge in [0.15, 0.2) is 16.6 Å². The van der Waals surface area contributed by atoms with Crippen molar-refractivity contribution in [2.45, 2.75) is 32.7 Å². The van der Waals surface area contributed by atoms with E-state index >= 15 is 0 Å². The highest BCUT2D eigenvalue weighted by molar-refractivity contribution is 7.80. The van der Waals surface area contributed by atoms with Gasteiger partial charge in [-0.2, -0.15) is 0 Å². The Bertz CT molecular complexity index is 848. The maximum atomic E-state index is 5.63. The molecule has 6 heteroatoms. The van der Waals surface area contributed by atoms with Crippen LogP contribution >= 0.6 is 12.2 Å². The van der Waals surface area contributed by atoms with Crippen molar-refractivity contribution in [1.29, 1.82) is 0 Å². The molecule has 1 atom stereocenters. The van der Waals surface area contributed by atoms with Gasteiger partial charge in [0.1, 0.15) is 13.2 Å². The number of ether oxygens (including phenoxy) is 2. The summed E-state index contributed by atoms with van der Waals surface area (Å²) in [6.45, 7) is 7.93. The van der Waals surface area contributed by atoms with Crippen LogP contribution in [-0.2, 0) is 0 Å². The van der Waals surface area contributed by atoms with Crippen LogP contribution in [0.4, 0.5) is 11.4 Å². The molecule has 4 rings (SSSR count). The molecule has 0 unspecified atom stereocenters. The smallest absolute Gasteiger partial charge is 0.171 e. The summed E-state index contributed by atoms with van der Waals surface area (Å²) in [6.07, 6.45) is 2.55. The molecule has 0 spiro atoms. The fourth-order valence-corrected chi connectivity index (χ4v) is 4.10. The molecule has 0 bridgehead atoms. The Morgan fingerprint density at radius 1 is 1.03 bits per heavy atom. The van der Waals surface area contributed by atoms with E-state index in [1.807, 2.05) is 18.2 Å². The summed E-state index contributed by atoms with van der Waals surface area (Å²) in [6, 6.07) is 14.7. The number of nitrogens with one attached hydrogen (secondary N) is 2. The van der Waals surface area contributed by atoms with Crippen LogP contribution in [0.1, 0.15) is 38.3 Å². The minimum absolute atomic E-state index is 0.114. The maximum Gasteiger partial charge on any atom is 0.171 e. The van der Waals surface area contributed by atoms with Crippen molar-refractivity contribution >= 4 is 28.7 Å². The van der Waals surface area contributed by atoms with Crippen LogP contribution in [0.2, 0.25) is 0 Å². The molecule has 0 saturated carbocycles. The first-order valence-electron chi connectivity index (χ1n) is 10.4. The molecule has 0 aliphatic carbocycles. The lowest BCUT2D eigenvalue weighted by Gasteiger charge is -2.32. The summed E-state index contributed by atoms with van der Waals surface area (Å²) < 4.78 is 11.2. The summed E-state index contributed by atoms with van der Waals surface area (Å²) in [5, 5.41) is 7.19. The highest BCUT2D eigenvalue weighted by Gasteiger charge is 2.17. The van der Waals surface area contributed by atoms with Gasteiger partial charge < -0.3 is 25.0 Å². The third kappa shape index (κ3) is 4.93. The number of nitrogens with zero attached hydrogens (tertiary/aromatic N) is 1. The lowest BCUT2D eigenvalue weighted by Crippen LogP contribution is -2.33. The standard InChI is InChI=1S/C23H29N3O2S/c1-16-9-11-26(12-10-16)20-6-3-18(4-7-20)17(2)24-23(29)25-19-5-8-21-22(15-19)28-14-13-27-21/h3-8,15-17H,9-14H2,1-2H3,(H2,24,25,29)/t17-/m0/s1. The molecule has 154 valence electrons. The second-order valence-electron chi connectivity index (χ2n) is 7.94. The van der Waals surface area contributed by atoms with E-state index in [0.717, 1.165) is 36.2 Å². The van der Waals surface area contributed by atoms with Gasteiger partial charge in [-0.05, 0) is 67.7 Å². The lowest BCUT2D eigenvalue weighted by atomic mass is 9.98. The van der Waals surface area contributed by atoms with Crippen LogP contribution in [0.15, 0.2) is 42.5 Å². The third-order valence-corrected chi connectivity index (χ3v) is 5.91. The van der Waals surface area contributed by atoms with Gasteiger partial charge in [-0.15, -0.1) is 0 Å². The van der Waals surface area contributed by atoms with Crippen LogP contribution in [0.5, 0.6) is 11.5 Å². The zero-order chi connectivity index (χ0) is 20.2. The van der Waals surface area contributed by atoms with Crippen LogP contribution < -0.4 is 25.0 Å². The quantitative estimate of drug-likeness (QED) is 0.709. The Labute approximate surface area is 178 Å². The van der Waals surface area contributed by atoms with E-state index < -0.39 is 0 Å². The Morgan fingerprint density at radius 3 is 2.45 bits per heavy atom. The Morgan fingerprint density at radius 2 is 1.72 bits per heavy atom. The minimum Gasteiger partial charge on any atom is -0.486 e. The summed E-state index contributed by atoms with van der Waals surface area (Å²) in [5.74, 6) is 2.37. The number of hydrogen-bond donors (Lipinski definition) is 2. The van der Waals surface area contributed by atoms with Crippen molar-refractivity contribution in [2.24, 2.45) is 5.92 Å². The van der Waals surface area contributed by atoms with Crippen molar-refractivity contribution in [1.82, 2.24) is 5.32 Å². The monoisotopic (exact) mass is 411 g/mol. The SMILES string of the molecule is CC1CCN(c2ccc([C@H](C)NC(=S)Nc3ccc4c(c3)OCCO4)cc2)CC1. The molecule has 2 aliphatic rings. The first-order chi connectivity index (χ1) is 14.1. The van der Waals surface area contributed by atoms with E-state index in [4.69, 9.17) is 21.7 Å². The van der Waals surface area contributed by atoms with Crippen LogP contribution in [-0.4, -0.2) is 31.4 Å². The first-order valence-corrected chi connectivity index (χ1v) is 10.8. The van der Waals surface area contributed by atoms with Crippen molar-refractivity contribution < 1.29 is 9.47 Å². The van der Waals surface area contributed by atoms with Crippen molar-refractivity contribution in [3.8, 4) is 11.5 Å². The second kappa shape index (κ2) is 8.91. The minimum atomic E-state index is 0.114. The number of hydrogen-bond acceptors (Lipinski definition) is 4. The number of benzene rings is 2. The molecule has 1 saturated heterocycles. The number of piperidine rings is 1. The van der Waals surface area contributed by atoms with E-state index in [2.05, 4.69) is 53.6 Å². The zero-order valence-electron chi connectivity index (χ0n) is 17.1. The Kier molecular flexibility index (Phi) is 6.09. The average Bonchev–Trinajstić information content (AvgIpc) is 2.74. The molecule has 29 heavy (non-hydrogen) atoms. The highest BCUT2D eigenvalue weighted by Crippen LogP contribution is 2.32. The predicted octanol–water partition coefficient (Wildman–Crippen LogP) is 4.74. The van der Waals surface area contributed by atoms with E-state index in [1.165, 1.54) is 24.1 Å². The molecule has 5 nitrogen and oxygen atoms in total. The fraction of sp³-hybridized carbons (Fsp3) is 0.435. The molecular weight excluding hydrogens is 382 g/mol. The first kappa shape index (κ1) is 19.8. The van der Waals surface area contributed by atoms with Gasteiger partial charge in [0.05, 0.1) is 6.04 Å². The van der Waals surface area contributed by atoms with E-state index in [-0.39, 0.29) is 6.04 Å². The molecule has 2 aliphatic heterocycles. The van der Waals surface area contributed by atoms with E-state index in [1.54, 1.807) is 0 Å². The number of anilines is 2. The van der Waals surface area contributed by atoms with Crippen molar-refractivity contribution in [2.75, 3.05) is 36.5 Å². The molecule has 0 radical (unpaired) electrons. The molecule has 2 N–H and O–H groups in total. The van der Waals surface area contributed by atoms with Gasteiger partial charge in [-0.1, -0.05) is 19.1 Å². The second-order valence-corrected chi connectivity index (χ2v) is 8.35. The van der Waals surface area contributed by atoms with E-state index in [0.29, 0.717) is 18.3 Å². The largest absolute Gasteiger partial charge is 0.486 e. The van der Waals surface area contributed by atoms with Gasteiger partial charge >= 0.3 is 0 Å². The zero-order valence-corrected chi connectivity index (χ0v) is 17.9. The van der Waals surface area contributed by atoms with Gasteiger partial charge in [0.25, 0.3) is 0 Å². The van der Waals surface area contributed by atoms with Gasteiger partial charge in [0, 0.05) is 30.5 Å². The third-order valence-electron chi connectivity index (χ3n) is 5.69. The summed E-state index contributed by atoms with van der Waals surface area (Å²) >= 11 is 5.50. The van der Waals surface area contributed by atoms with Crippen LogP contribution in [0.25, 0.3) is 0 Å².